The van der Waals surface area contributed by atoms with Crippen molar-refractivity contribution in [2.24, 2.45) is 5.92 Å². The molecule has 0 spiro atoms. The van der Waals surface area contributed by atoms with Crippen LogP contribution in [0.4, 0.5) is 0 Å². The van der Waals surface area contributed by atoms with E-state index in [4.69, 9.17) is 4.74 Å². The SMILES string of the molecule is CCn1ncc2c(-c3cncc(C)c3)c(C(=O)O)c(COCC3CC3)nc21. The van der Waals surface area contributed by atoms with Gasteiger partial charge in [0.05, 0.1) is 24.1 Å². The lowest BCUT2D eigenvalue weighted by Crippen LogP contribution is -2.12. The largest absolute Gasteiger partial charge is 0.478 e. The van der Waals surface area contributed by atoms with Gasteiger partial charge in [-0.05, 0) is 44.2 Å². The Hall–Kier alpha value is -2.80. The first-order valence-corrected chi connectivity index (χ1v) is 9.20. The molecule has 1 aliphatic carbocycles. The topological polar surface area (TPSA) is 90.1 Å². The smallest absolute Gasteiger partial charge is 0.338 e. The molecule has 0 atom stereocenters. The lowest BCUT2D eigenvalue weighted by atomic mass is 9.96. The number of carbonyl (C=O) groups is 1. The Kier molecular flexibility index (Phi) is 4.61. The summed E-state index contributed by atoms with van der Waals surface area (Å²) in [6.45, 7) is 5.39. The van der Waals surface area contributed by atoms with Gasteiger partial charge in [0, 0.05) is 42.1 Å². The first-order valence-electron chi connectivity index (χ1n) is 9.20. The summed E-state index contributed by atoms with van der Waals surface area (Å²) in [5.74, 6) is -0.418. The van der Waals surface area contributed by atoms with E-state index in [1.807, 2.05) is 19.9 Å². The zero-order valence-corrected chi connectivity index (χ0v) is 15.5. The maximum atomic E-state index is 12.2. The molecule has 1 fully saturated rings. The monoisotopic (exact) mass is 366 g/mol. The number of hydrogen-bond acceptors (Lipinski definition) is 5. The minimum Gasteiger partial charge on any atom is -0.478 e. The van der Waals surface area contributed by atoms with Gasteiger partial charge in [-0.3, -0.25) is 4.98 Å². The Morgan fingerprint density at radius 2 is 2.15 bits per heavy atom. The van der Waals surface area contributed by atoms with Gasteiger partial charge in [0.1, 0.15) is 0 Å². The predicted octanol–water partition coefficient (Wildman–Crippen LogP) is 3.45. The molecule has 0 aliphatic heterocycles. The summed E-state index contributed by atoms with van der Waals surface area (Å²) in [7, 11) is 0. The Labute approximate surface area is 157 Å². The first-order chi connectivity index (χ1) is 13.1. The van der Waals surface area contributed by atoms with Gasteiger partial charge >= 0.3 is 5.97 Å². The van der Waals surface area contributed by atoms with E-state index in [9.17, 15) is 9.90 Å². The van der Waals surface area contributed by atoms with E-state index in [1.165, 1.54) is 12.8 Å². The molecular weight excluding hydrogens is 344 g/mol. The maximum Gasteiger partial charge on any atom is 0.338 e. The number of carboxylic acids is 1. The molecule has 3 heterocycles. The van der Waals surface area contributed by atoms with Gasteiger partial charge in [-0.15, -0.1) is 0 Å². The summed E-state index contributed by atoms with van der Waals surface area (Å²) >= 11 is 0. The van der Waals surface area contributed by atoms with Crippen LogP contribution in [-0.2, 0) is 17.9 Å². The molecule has 0 saturated heterocycles. The third kappa shape index (κ3) is 3.42. The number of fused-ring (bicyclic) bond motifs is 1. The van der Waals surface area contributed by atoms with Crippen LogP contribution >= 0.6 is 0 Å². The zero-order chi connectivity index (χ0) is 19.0. The fraction of sp³-hybridized carbons (Fsp3) is 0.400. The van der Waals surface area contributed by atoms with Crippen LogP contribution in [0.2, 0.25) is 0 Å². The van der Waals surface area contributed by atoms with Gasteiger partial charge in [-0.1, -0.05) is 0 Å². The molecule has 1 N–H and O–H groups in total. The highest BCUT2D eigenvalue weighted by molar-refractivity contribution is 6.06. The fourth-order valence-corrected chi connectivity index (χ4v) is 3.30. The fourth-order valence-electron chi connectivity index (χ4n) is 3.30. The summed E-state index contributed by atoms with van der Waals surface area (Å²) in [5.41, 5.74) is 3.59. The van der Waals surface area contributed by atoms with E-state index in [0.29, 0.717) is 41.4 Å². The summed E-state index contributed by atoms with van der Waals surface area (Å²) in [5, 5.41) is 15.1. The molecule has 7 heteroatoms. The van der Waals surface area contributed by atoms with E-state index in [2.05, 4.69) is 15.1 Å². The Balaban J connectivity index is 1.92. The van der Waals surface area contributed by atoms with E-state index in [1.54, 1.807) is 23.3 Å². The number of rotatable bonds is 7. The summed E-state index contributed by atoms with van der Waals surface area (Å²) in [6.07, 6.45) is 7.48. The molecule has 1 aliphatic rings. The number of ether oxygens (including phenoxy) is 1. The quantitative estimate of drug-likeness (QED) is 0.689. The van der Waals surface area contributed by atoms with E-state index >= 15 is 0 Å². The third-order valence-electron chi connectivity index (χ3n) is 4.83. The Morgan fingerprint density at radius 3 is 2.81 bits per heavy atom. The van der Waals surface area contributed by atoms with Crippen molar-refractivity contribution in [2.75, 3.05) is 6.61 Å². The average molecular weight is 366 g/mol. The molecule has 0 bridgehead atoms. The van der Waals surface area contributed by atoms with Crippen molar-refractivity contribution < 1.29 is 14.6 Å². The van der Waals surface area contributed by atoms with Crippen LogP contribution < -0.4 is 0 Å². The molecule has 140 valence electrons. The summed E-state index contributed by atoms with van der Waals surface area (Å²) in [4.78, 5) is 21.1. The molecular formula is C20H22N4O3. The van der Waals surface area contributed by atoms with Crippen molar-refractivity contribution in [1.82, 2.24) is 19.7 Å². The van der Waals surface area contributed by atoms with Crippen molar-refractivity contribution in [2.45, 2.75) is 39.8 Å². The van der Waals surface area contributed by atoms with Crippen LogP contribution in [0.5, 0.6) is 0 Å². The molecule has 7 nitrogen and oxygen atoms in total. The molecule has 0 amide bonds. The van der Waals surface area contributed by atoms with E-state index in [-0.39, 0.29) is 12.2 Å². The van der Waals surface area contributed by atoms with Crippen molar-refractivity contribution in [3.8, 4) is 11.1 Å². The highest BCUT2D eigenvalue weighted by Gasteiger charge is 2.26. The second-order valence-corrected chi connectivity index (χ2v) is 7.02. The number of nitrogens with zero attached hydrogens (tertiary/aromatic N) is 4. The minimum absolute atomic E-state index is 0.168. The lowest BCUT2D eigenvalue weighted by Gasteiger charge is -2.14. The molecule has 27 heavy (non-hydrogen) atoms. The highest BCUT2D eigenvalue weighted by Crippen LogP contribution is 2.34. The molecule has 0 aromatic carbocycles. The maximum absolute atomic E-state index is 12.2. The number of aromatic nitrogens is 4. The van der Waals surface area contributed by atoms with Crippen molar-refractivity contribution in [1.29, 1.82) is 0 Å². The number of pyridine rings is 2. The second-order valence-electron chi connectivity index (χ2n) is 7.02. The summed E-state index contributed by atoms with van der Waals surface area (Å²) in [6, 6.07) is 1.94. The average Bonchev–Trinajstić information content (AvgIpc) is 3.38. The van der Waals surface area contributed by atoms with Crippen LogP contribution in [0.3, 0.4) is 0 Å². The Morgan fingerprint density at radius 1 is 1.33 bits per heavy atom. The van der Waals surface area contributed by atoms with Gasteiger partial charge in [0.15, 0.2) is 5.65 Å². The second kappa shape index (κ2) is 7.08. The molecule has 1 saturated carbocycles. The van der Waals surface area contributed by atoms with E-state index in [0.717, 1.165) is 11.1 Å². The standard InChI is InChI=1S/C20H22N4O3/c1-3-24-19-15(9-22-24)17(14-6-12(2)7-21-8-14)18(20(25)26)16(23-19)11-27-10-13-4-5-13/h6-9,13H,3-5,10-11H2,1-2H3,(H,25,26). The van der Waals surface area contributed by atoms with E-state index < -0.39 is 5.97 Å². The highest BCUT2D eigenvalue weighted by atomic mass is 16.5. The van der Waals surface area contributed by atoms with Gasteiger partial charge in [0.2, 0.25) is 0 Å². The van der Waals surface area contributed by atoms with Gasteiger partial charge in [0.25, 0.3) is 0 Å². The summed E-state index contributed by atoms with van der Waals surface area (Å²) < 4.78 is 7.55. The molecule has 3 aromatic heterocycles. The van der Waals surface area contributed by atoms with Crippen molar-refractivity contribution in [3.63, 3.8) is 0 Å². The van der Waals surface area contributed by atoms with Crippen LogP contribution in [0, 0.1) is 12.8 Å². The number of hydrogen-bond donors (Lipinski definition) is 1. The third-order valence-corrected chi connectivity index (χ3v) is 4.83. The van der Waals surface area contributed by atoms with Gasteiger partial charge in [-0.25, -0.2) is 14.5 Å². The van der Waals surface area contributed by atoms with Crippen LogP contribution in [0.1, 0.15) is 41.4 Å². The first kappa shape index (κ1) is 17.6. The van der Waals surface area contributed by atoms with Crippen molar-refractivity contribution >= 4 is 17.0 Å². The van der Waals surface area contributed by atoms with Gasteiger partial charge in [-0.2, -0.15) is 5.10 Å². The minimum atomic E-state index is -1.02. The predicted molar refractivity (Wildman–Crippen MR) is 101 cm³/mol. The zero-order valence-electron chi connectivity index (χ0n) is 15.5. The van der Waals surface area contributed by atoms with Gasteiger partial charge < -0.3 is 9.84 Å². The molecule has 0 radical (unpaired) electrons. The number of aromatic carboxylic acids is 1. The molecule has 0 unspecified atom stereocenters. The molecule has 4 rings (SSSR count). The molecule has 3 aromatic rings. The number of aryl methyl sites for hydroxylation is 2. The normalized spacial score (nSPS) is 14.0. The van der Waals surface area contributed by atoms with Crippen LogP contribution in [0.25, 0.3) is 22.2 Å². The Bertz CT molecular complexity index is 1010. The number of carboxylic acid groups (broad SMARTS) is 1. The van der Waals surface area contributed by atoms with Crippen LogP contribution in [0.15, 0.2) is 24.7 Å². The lowest BCUT2D eigenvalue weighted by molar-refractivity contribution is 0.0684. The van der Waals surface area contributed by atoms with Crippen LogP contribution in [-0.4, -0.2) is 37.4 Å². The van der Waals surface area contributed by atoms with Crippen molar-refractivity contribution in [3.05, 3.63) is 41.5 Å².